The zero-order valence-electron chi connectivity index (χ0n) is 13.8. The van der Waals surface area contributed by atoms with Crippen molar-refractivity contribution in [1.82, 2.24) is 5.32 Å². The van der Waals surface area contributed by atoms with Gasteiger partial charge in [-0.05, 0) is 37.5 Å². The molecule has 1 aliphatic rings. The number of carbonyl (C=O) groups is 2. The van der Waals surface area contributed by atoms with E-state index >= 15 is 0 Å². The van der Waals surface area contributed by atoms with Crippen LogP contribution in [0.15, 0.2) is 24.3 Å². The van der Waals surface area contributed by atoms with E-state index in [1.165, 1.54) is 5.56 Å². The van der Waals surface area contributed by atoms with Crippen molar-refractivity contribution in [3.05, 3.63) is 29.8 Å². The van der Waals surface area contributed by atoms with Gasteiger partial charge in [0.25, 0.3) is 0 Å². The number of anilines is 1. The zero-order valence-corrected chi connectivity index (χ0v) is 13.8. The first-order valence-corrected chi connectivity index (χ1v) is 8.24. The second-order valence-electron chi connectivity index (χ2n) is 6.12. The van der Waals surface area contributed by atoms with Crippen LogP contribution >= 0.6 is 0 Å². The maximum Gasteiger partial charge on any atom is 0.227 e. The predicted molar refractivity (Wildman–Crippen MR) is 88.8 cm³/mol. The summed E-state index contributed by atoms with van der Waals surface area (Å²) in [4.78, 5) is 26.2. The van der Waals surface area contributed by atoms with E-state index in [1.807, 2.05) is 31.2 Å². The maximum atomic E-state index is 12.3. The summed E-state index contributed by atoms with van der Waals surface area (Å²) < 4.78 is 0. The van der Waals surface area contributed by atoms with E-state index in [9.17, 15) is 9.59 Å². The standard InChI is InChI=1S/C18H26N2O2/c1-4-6-13(3)19-18(22)15-11-17(21)20(12-15)16-9-7-14(5-2)8-10-16/h7-10,13,15H,4-6,11-12H2,1-3H3,(H,19,22)/t13-,15-/m1/s1. The third-order valence-corrected chi connectivity index (χ3v) is 4.26. The van der Waals surface area contributed by atoms with Gasteiger partial charge in [-0.15, -0.1) is 0 Å². The van der Waals surface area contributed by atoms with Crippen LogP contribution < -0.4 is 10.2 Å². The van der Waals surface area contributed by atoms with Crippen LogP contribution in [0.4, 0.5) is 5.69 Å². The first kappa shape index (κ1) is 16.5. The van der Waals surface area contributed by atoms with Crippen LogP contribution in [0.5, 0.6) is 0 Å². The summed E-state index contributed by atoms with van der Waals surface area (Å²) in [6.07, 6.45) is 3.30. The Morgan fingerprint density at radius 1 is 1.32 bits per heavy atom. The highest BCUT2D eigenvalue weighted by molar-refractivity contribution is 6.00. The Hall–Kier alpha value is -1.84. The van der Waals surface area contributed by atoms with Gasteiger partial charge < -0.3 is 10.2 Å². The highest BCUT2D eigenvalue weighted by Crippen LogP contribution is 2.25. The molecule has 0 unspecified atom stereocenters. The van der Waals surface area contributed by atoms with E-state index in [0.29, 0.717) is 13.0 Å². The van der Waals surface area contributed by atoms with Crippen LogP contribution in [0.3, 0.4) is 0 Å². The summed E-state index contributed by atoms with van der Waals surface area (Å²) >= 11 is 0. The van der Waals surface area contributed by atoms with Gasteiger partial charge in [-0.2, -0.15) is 0 Å². The highest BCUT2D eigenvalue weighted by Gasteiger charge is 2.35. The van der Waals surface area contributed by atoms with Crippen LogP contribution in [-0.2, 0) is 16.0 Å². The quantitative estimate of drug-likeness (QED) is 0.878. The highest BCUT2D eigenvalue weighted by atomic mass is 16.2. The molecule has 1 heterocycles. The normalized spacial score (nSPS) is 19.3. The number of amides is 2. The molecule has 1 aromatic rings. The van der Waals surface area contributed by atoms with Crippen molar-refractivity contribution in [2.45, 2.75) is 52.5 Å². The molecule has 1 fully saturated rings. The first-order chi connectivity index (χ1) is 10.5. The van der Waals surface area contributed by atoms with E-state index in [4.69, 9.17) is 0 Å². The van der Waals surface area contributed by atoms with Crippen LogP contribution in [0, 0.1) is 5.92 Å². The molecule has 0 aliphatic carbocycles. The maximum absolute atomic E-state index is 12.3. The fourth-order valence-corrected chi connectivity index (χ4v) is 2.91. The summed E-state index contributed by atoms with van der Waals surface area (Å²) in [6.45, 7) is 6.70. The fraction of sp³-hybridized carbons (Fsp3) is 0.556. The lowest BCUT2D eigenvalue weighted by molar-refractivity contribution is -0.126. The molecule has 120 valence electrons. The van der Waals surface area contributed by atoms with Gasteiger partial charge in [-0.3, -0.25) is 9.59 Å². The Balaban J connectivity index is 1.99. The summed E-state index contributed by atoms with van der Waals surface area (Å²) in [5.74, 6) is -0.202. The molecule has 1 aromatic carbocycles. The van der Waals surface area contributed by atoms with Gasteiger partial charge in [0.05, 0.1) is 5.92 Å². The van der Waals surface area contributed by atoms with Gasteiger partial charge in [0, 0.05) is 24.7 Å². The molecule has 0 aromatic heterocycles. The molecule has 2 rings (SSSR count). The lowest BCUT2D eigenvalue weighted by Crippen LogP contribution is -2.38. The molecule has 0 saturated carbocycles. The number of benzene rings is 1. The Bertz CT molecular complexity index is 524. The number of hydrogen-bond donors (Lipinski definition) is 1. The van der Waals surface area contributed by atoms with Gasteiger partial charge in [-0.1, -0.05) is 32.4 Å². The summed E-state index contributed by atoms with van der Waals surface area (Å²) in [7, 11) is 0. The molecule has 0 bridgehead atoms. The Labute approximate surface area is 132 Å². The molecule has 1 aliphatic heterocycles. The van der Waals surface area contributed by atoms with Crippen LogP contribution in [0.1, 0.15) is 45.6 Å². The summed E-state index contributed by atoms with van der Waals surface area (Å²) in [5.41, 5.74) is 2.14. The molecule has 2 amide bonds. The van der Waals surface area contributed by atoms with E-state index in [1.54, 1.807) is 4.90 Å². The molecule has 1 saturated heterocycles. The monoisotopic (exact) mass is 302 g/mol. The van der Waals surface area contributed by atoms with Gasteiger partial charge in [0.1, 0.15) is 0 Å². The van der Waals surface area contributed by atoms with Crippen molar-refractivity contribution in [3.8, 4) is 0 Å². The number of carbonyl (C=O) groups excluding carboxylic acids is 2. The lowest BCUT2D eigenvalue weighted by Gasteiger charge is -2.18. The minimum absolute atomic E-state index is 0.00183. The topological polar surface area (TPSA) is 49.4 Å². The van der Waals surface area contributed by atoms with E-state index in [0.717, 1.165) is 24.9 Å². The minimum Gasteiger partial charge on any atom is -0.353 e. The average molecular weight is 302 g/mol. The molecule has 2 atom stereocenters. The Morgan fingerprint density at radius 3 is 2.59 bits per heavy atom. The van der Waals surface area contributed by atoms with Crippen molar-refractivity contribution < 1.29 is 9.59 Å². The molecule has 22 heavy (non-hydrogen) atoms. The SMILES string of the molecule is CCC[C@@H](C)NC(=O)[C@@H]1CC(=O)N(c2ccc(CC)cc2)C1. The number of nitrogens with zero attached hydrogens (tertiary/aromatic N) is 1. The molecule has 4 heteroatoms. The van der Waals surface area contributed by atoms with E-state index in [2.05, 4.69) is 19.2 Å². The Morgan fingerprint density at radius 2 is 2.00 bits per heavy atom. The second-order valence-corrected chi connectivity index (χ2v) is 6.12. The van der Waals surface area contributed by atoms with Crippen LogP contribution in [0.2, 0.25) is 0 Å². The van der Waals surface area contributed by atoms with Gasteiger partial charge in [0.15, 0.2) is 0 Å². The fourth-order valence-electron chi connectivity index (χ4n) is 2.91. The third-order valence-electron chi connectivity index (χ3n) is 4.26. The van der Waals surface area contributed by atoms with Gasteiger partial charge >= 0.3 is 0 Å². The van der Waals surface area contributed by atoms with Crippen molar-refractivity contribution in [2.75, 3.05) is 11.4 Å². The summed E-state index contributed by atoms with van der Waals surface area (Å²) in [5, 5.41) is 3.02. The molecule has 0 radical (unpaired) electrons. The van der Waals surface area contributed by atoms with E-state index < -0.39 is 0 Å². The third kappa shape index (κ3) is 3.87. The van der Waals surface area contributed by atoms with Crippen molar-refractivity contribution in [3.63, 3.8) is 0 Å². The second kappa shape index (κ2) is 7.43. The molecule has 0 spiro atoms. The van der Waals surface area contributed by atoms with Crippen molar-refractivity contribution >= 4 is 17.5 Å². The average Bonchev–Trinajstić information content (AvgIpc) is 2.89. The first-order valence-electron chi connectivity index (χ1n) is 8.24. The molecule has 4 nitrogen and oxygen atoms in total. The molecular formula is C18H26N2O2. The number of nitrogens with one attached hydrogen (secondary N) is 1. The molecule has 1 N–H and O–H groups in total. The van der Waals surface area contributed by atoms with Gasteiger partial charge in [-0.25, -0.2) is 0 Å². The predicted octanol–water partition coefficient (Wildman–Crippen LogP) is 2.91. The number of hydrogen-bond acceptors (Lipinski definition) is 2. The zero-order chi connectivity index (χ0) is 16.1. The van der Waals surface area contributed by atoms with E-state index in [-0.39, 0.29) is 23.8 Å². The number of aryl methyl sites for hydroxylation is 1. The van der Waals surface area contributed by atoms with Gasteiger partial charge in [0.2, 0.25) is 11.8 Å². The lowest BCUT2D eigenvalue weighted by atomic mass is 10.1. The van der Waals surface area contributed by atoms with Crippen LogP contribution in [0.25, 0.3) is 0 Å². The van der Waals surface area contributed by atoms with Crippen molar-refractivity contribution in [1.29, 1.82) is 0 Å². The van der Waals surface area contributed by atoms with Crippen molar-refractivity contribution in [2.24, 2.45) is 5.92 Å². The largest absolute Gasteiger partial charge is 0.353 e. The van der Waals surface area contributed by atoms with Crippen LogP contribution in [-0.4, -0.2) is 24.4 Å². The smallest absolute Gasteiger partial charge is 0.227 e. The molecular weight excluding hydrogens is 276 g/mol. The minimum atomic E-state index is -0.238. The Kier molecular flexibility index (Phi) is 5.58. The number of rotatable bonds is 6. The summed E-state index contributed by atoms with van der Waals surface area (Å²) in [6, 6.07) is 8.19.